The van der Waals surface area contributed by atoms with Crippen molar-refractivity contribution < 1.29 is 18.7 Å². The van der Waals surface area contributed by atoms with Gasteiger partial charge in [0.15, 0.2) is 0 Å². The minimum absolute atomic E-state index is 0.334. The topological polar surface area (TPSA) is 63.7 Å². The van der Waals surface area contributed by atoms with Crippen LogP contribution in [0.4, 0.5) is 15.8 Å². The highest BCUT2D eigenvalue weighted by atomic mass is 19.1. The minimum atomic E-state index is -0.366. The van der Waals surface area contributed by atoms with Gasteiger partial charge in [0.25, 0.3) is 0 Å². The first-order valence-electron chi connectivity index (χ1n) is 10.4. The lowest BCUT2D eigenvalue weighted by atomic mass is 10.2. The highest BCUT2D eigenvalue weighted by Crippen LogP contribution is 2.24. The van der Waals surface area contributed by atoms with E-state index in [9.17, 15) is 9.18 Å². The second-order valence-electron chi connectivity index (χ2n) is 7.27. The van der Waals surface area contributed by atoms with E-state index in [4.69, 9.17) is 9.47 Å². The largest absolute Gasteiger partial charge is 0.487 e. The number of anilines is 2. The van der Waals surface area contributed by atoms with Crippen LogP contribution in [0.3, 0.4) is 0 Å². The molecule has 6 nitrogen and oxygen atoms in total. The predicted molar refractivity (Wildman–Crippen MR) is 122 cm³/mol. The van der Waals surface area contributed by atoms with Crippen molar-refractivity contribution in [1.29, 1.82) is 0 Å². The van der Waals surface area contributed by atoms with Gasteiger partial charge in [-0.3, -0.25) is 9.78 Å². The fourth-order valence-corrected chi connectivity index (χ4v) is 3.32. The van der Waals surface area contributed by atoms with E-state index in [1.54, 1.807) is 24.4 Å². The first-order valence-corrected chi connectivity index (χ1v) is 10.4. The quantitative estimate of drug-likeness (QED) is 0.564. The summed E-state index contributed by atoms with van der Waals surface area (Å²) in [6.45, 7) is 2.86. The first-order chi connectivity index (χ1) is 15.7. The second-order valence-corrected chi connectivity index (χ2v) is 7.27. The van der Waals surface area contributed by atoms with Crippen molar-refractivity contribution in [2.45, 2.75) is 6.61 Å². The predicted octanol–water partition coefficient (Wildman–Crippen LogP) is 4.29. The third-order valence-corrected chi connectivity index (χ3v) is 4.99. The molecule has 32 heavy (non-hydrogen) atoms. The number of carbonyl (C=O) groups is 1. The normalized spacial score (nSPS) is 13.8. The standard InChI is InChI=1S/C25H24FN3O3/c26-23-17-20(7-10-24(23)29-13-15-31-16-14-29)28-25(30)11-6-19-4-8-22(9-5-19)32-18-21-3-1-2-12-27-21/h1-12,17H,13-16,18H2,(H,28,30)/b11-6+. The summed E-state index contributed by atoms with van der Waals surface area (Å²) >= 11 is 0. The molecule has 164 valence electrons. The van der Waals surface area contributed by atoms with Gasteiger partial charge >= 0.3 is 0 Å². The minimum Gasteiger partial charge on any atom is -0.487 e. The van der Waals surface area contributed by atoms with Crippen LogP contribution in [0.1, 0.15) is 11.3 Å². The van der Waals surface area contributed by atoms with Gasteiger partial charge in [-0.25, -0.2) is 4.39 Å². The van der Waals surface area contributed by atoms with Gasteiger partial charge in [-0.15, -0.1) is 0 Å². The molecule has 0 unspecified atom stereocenters. The van der Waals surface area contributed by atoms with Gasteiger partial charge in [0.1, 0.15) is 18.2 Å². The number of benzene rings is 2. The summed E-state index contributed by atoms with van der Waals surface area (Å²) in [5, 5.41) is 2.69. The number of morpholine rings is 1. The Bertz CT molecular complexity index is 1070. The molecular formula is C25H24FN3O3. The van der Waals surface area contributed by atoms with Crippen LogP contribution in [0.5, 0.6) is 5.75 Å². The van der Waals surface area contributed by atoms with Crippen molar-refractivity contribution in [2.75, 3.05) is 36.5 Å². The van der Waals surface area contributed by atoms with Crippen LogP contribution in [-0.4, -0.2) is 37.2 Å². The average molecular weight is 433 g/mol. The Morgan fingerprint density at radius 1 is 1.12 bits per heavy atom. The zero-order valence-electron chi connectivity index (χ0n) is 17.5. The van der Waals surface area contributed by atoms with E-state index in [0.29, 0.717) is 50.0 Å². The lowest BCUT2D eigenvalue weighted by molar-refractivity contribution is -0.111. The molecule has 1 fully saturated rings. The molecule has 1 aliphatic rings. The van der Waals surface area contributed by atoms with Gasteiger partial charge < -0.3 is 19.7 Å². The van der Waals surface area contributed by atoms with E-state index in [1.807, 2.05) is 47.4 Å². The van der Waals surface area contributed by atoms with Crippen molar-refractivity contribution in [3.8, 4) is 5.75 Å². The van der Waals surface area contributed by atoms with Crippen LogP contribution in [0.2, 0.25) is 0 Å². The molecule has 0 bridgehead atoms. The van der Waals surface area contributed by atoms with Gasteiger partial charge in [-0.05, 0) is 54.1 Å². The Hall–Kier alpha value is -3.71. The lowest BCUT2D eigenvalue weighted by Gasteiger charge is -2.29. The number of hydrogen-bond acceptors (Lipinski definition) is 5. The van der Waals surface area contributed by atoms with Crippen LogP contribution in [0, 0.1) is 5.82 Å². The summed E-state index contributed by atoms with van der Waals surface area (Å²) in [4.78, 5) is 18.4. The van der Waals surface area contributed by atoms with Crippen LogP contribution in [0.25, 0.3) is 6.08 Å². The lowest BCUT2D eigenvalue weighted by Crippen LogP contribution is -2.36. The molecule has 0 spiro atoms. The highest BCUT2D eigenvalue weighted by molar-refractivity contribution is 6.02. The molecule has 0 radical (unpaired) electrons. The molecule has 3 aromatic rings. The van der Waals surface area contributed by atoms with E-state index >= 15 is 0 Å². The van der Waals surface area contributed by atoms with Gasteiger partial charge in [0.05, 0.1) is 24.6 Å². The Kier molecular flexibility index (Phi) is 7.09. The number of nitrogens with zero attached hydrogens (tertiary/aromatic N) is 2. The summed E-state index contributed by atoms with van der Waals surface area (Å²) in [5.41, 5.74) is 2.63. The molecule has 1 aromatic heterocycles. The van der Waals surface area contributed by atoms with E-state index in [-0.39, 0.29) is 11.7 Å². The monoisotopic (exact) mass is 433 g/mol. The number of aromatic nitrogens is 1. The number of hydrogen-bond donors (Lipinski definition) is 1. The van der Waals surface area contributed by atoms with Crippen molar-refractivity contribution in [3.63, 3.8) is 0 Å². The summed E-state index contributed by atoms with van der Waals surface area (Å²) in [6.07, 6.45) is 4.83. The molecule has 0 saturated carbocycles. The summed E-state index contributed by atoms with van der Waals surface area (Å²) in [7, 11) is 0. The van der Waals surface area contributed by atoms with Crippen LogP contribution >= 0.6 is 0 Å². The number of amides is 1. The summed E-state index contributed by atoms with van der Waals surface area (Å²) < 4.78 is 25.5. The van der Waals surface area contributed by atoms with Gasteiger partial charge in [-0.2, -0.15) is 0 Å². The van der Waals surface area contributed by atoms with Crippen molar-refractivity contribution in [1.82, 2.24) is 4.98 Å². The number of ether oxygens (including phenoxy) is 2. The molecule has 1 saturated heterocycles. The molecule has 0 aliphatic carbocycles. The van der Waals surface area contributed by atoms with E-state index in [2.05, 4.69) is 10.3 Å². The van der Waals surface area contributed by atoms with Crippen LogP contribution in [0.15, 0.2) is 72.9 Å². The molecular weight excluding hydrogens is 409 g/mol. The first kappa shape index (κ1) is 21.5. The number of pyridine rings is 1. The Balaban J connectivity index is 1.29. The highest BCUT2D eigenvalue weighted by Gasteiger charge is 2.15. The van der Waals surface area contributed by atoms with E-state index in [0.717, 1.165) is 11.3 Å². The van der Waals surface area contributed by atoms with E-state index < -0.39 is 0 Å². The average Bonchev–Trinajstić information content (AvgIpc) is 2.83. The Morgan fingerprint density at radius 3 is 2.66 bits per heavy atom. The fraction of sp³-hybridized carbons (Fsp3) is 0.200. The van der Waals surface area contributed by atoms with E-state index in [1.165, 1.54) is 12.1 Å². The van der Waals surface area contributed by atoms with Crippen molar-refractivity contribution in [2.24, 2.45) is 0 Å². The second kappa shape index (κ2) is 10.5. The summed E-state index contributed by atoms with van der Waals surface area (Å²) in [6, 6.07) is 17.8. The fourth-order valence-electron chi connectivity index (χ4n) is 3.32. The Morgan fingerprint density at radius 2 is 1.94 bits per heavy atom. The van der Waals surface area contributed by atoms with Crippen molar-refractivity contribution in [3.05, 3.63) is 90.0 Å². The maximum Gasteiger partial charge on any atom is 0.248 e. The maximum atomic E-state index is 14.5. The molecule has 1 aliphatic heterocycles. The number of nitrogens with one attached hydrogen (secondary N) is 1. The zero-order valence-corrected chi connectivity index (χ0v) is 17.5. The number of carbonyl (C=O) groups excluding carboxylic acids is 1. The van der Waals surface area contributed by atoms with Gasteiger partial charge in [0, 0.05) is 31.0 Å². The van der Waals surface area contributed by atoms with Crippen LogP contribution < -0.4 is 15.0 Å². The third kappa shape index (κ3) is 5.92. The summed E-state index contributed by atoms with van der Waals surface area (Å²) in [5.74, 6) is 0.0158. The Labute approximate surface area is 186 Å². The third-order valence-electron chi connectivity index (χ3n) is 4.99. The molecule has 1 amide bonds. The SMILES string of the molecule is O=C(/C=C/c1ccc(OCc2ccccn2)cc1)Nc1ccc(N2CCOCC2)c(F)c1. The molecule has 1 N–H and O–H groups in total. The molecule has 2 aromatic carbocycles. The van der Waals surface area contributed by atoms with Gasteiger partial charge in [0.2, 0.25) is 5.91 Å². The number of halogens is 1. The molecule has 4 rings (SSSR count). The van der Waals surface area contributed by atoms with Gasteiger partial charge in [-0.1, -0.05) is 18.2 Å². The molecule has 0 atom stereocenters. The van der Waals surface area contributed by atoms with Crippen molar-refractivity contribution >= 4 is 23.4 Å². The van der Waals surface area contributed by atoms with Crippen LogP contribution in [-0.2, 0) is 16.1 Å². The molecule has 2 heterocycles. The molecule has 7 heteroatoms. The number of rotatable bonds is 7. The smallest absolute Gasteiger partial charge is 0.248 e. The maximum absolute atomic E-state index is 14.5. The zero-order chi connectivity index (χ0) is 22.2.